The van der Waals surface area contributed by atoms with Crippen molar-refractivity contribution in [2.24, 2.45) is 0 Å². The van der Waals surface area contributed by atoms with Crippen molar-refractivity contribution < 1.29 is 4.79 Å². The van der Waals surface area contributed by atoms with Gasteiger partial charge in [0.15, 0.2) is 5.13 Å². The van der Waals surface area contributed by atoms with E-state index >= 15 is 0 Å². The third-order valence-electron chi connectivity index (χ3n) is 4.01. The standard InChI is InChI=1S/C17H19Cl2N3OS/c18-12-4-5-14(15(19)10-12)16(23)20-7-6-13-11-24-17(21-13)22-8-2-1-3-9-22/h4-5,10-11H,1-3,6-9H2,(H,20,23). The summed E-state index contributed by atoms with van der Waals surface area (Å²) >= 11 is 13.6. The van der Waals surface area contributed by atoms with Gasteiger partial charge in [-0.2, -0.15) is 0 Å². The molecule has 2 heterocycles. The SMILES string of the molecule is O=C(NCCc1csc(N2CCCCC2)n1)c1ccc(Cl)cc1Cl. The quantitative estimate of drug-likeness (QED) is 0.831. The van der Waals surface area contributed by atoms with Crippen LogP contribution in [0.3, 0.4) is 0 Å². The molecule has 0 atom stereocenters. The smallest absolute Gasteiger partial charge is 0.252 e. The summed E-state index contributed by atoms with van der Waals surface area (Å²) in [6.45, 7) is 2.72. The zero-order valence-electron chi connectivity index (χ0n) is 13.2. The molecule has 1 aromatic carbocycles. The maximum atomic E-state index is 12.2. The summed E-state index contributed by atoms with van der Waals surface area (Å²) in [5.41, 5.74) is 1.46. The molecule has 1 aliphatic rings. The molecule has 0 spiro atoms. The minimum absolute atomic E-state index is 0.192. The van der Waals surface area contributed by atoms with E-state index in [0.29, 0.717) is 28.6 Å². The molecule has 1 N–H and O–H groups in total. The fourth-order valence-corrected chi connectivity index (χ4v) is 4.12. The molecule has 0 unspecified atom stereocenters. The first-order valence-electron chi connectivity index (χ1n) is 8.06. The molecule has 1 saturated heterocycles. The van der Waals surface area contributed by atoms with E-state index in [2.05, 4.69) is 20.6 Å². The Kier molecular flexibility index (Phi) is 5.98. The molecule has 1 amide bonds. The van der Waals surface area contributed by atoms with Gasteiger partial charge in [0.2, 0.25) is 0 Å². The van der Waals surface area contributed by atoms with Crippen LogP contribution in [0.4, 0.5) is 5.13 Å². The lowest BCUT2D eigenvalue weighted by Gasteiger charge is -2.25. The number of nitrogens with zero attached hydrogens (tertiary/aromatic N) is 2. The van der Waals surface area contributed by atoms with Gasteiger partial charge in [-0.15, -0.1) is 11.3 Å². The highest BCUT2D eigenvalue weighted by molar-refractivity contribution is 7.13. The van der Waals surface area contributed by atoms with E-state index < -0.39 is 0 Å². The fraction of sp³-hybridized carbons (Fsp3) is 0.412. The lowest BCUT2D eigenvalue weighted by molar-refractivity contribution is 0.0954. The Morgan fingerprint density at radius 1 is 1.25 bits per heavy atom. The van der Waals surface area contributed by atoms with Crippen molar-refractivity contribution in [1.82, 2.24) is 10.3 Å². The third-order valence-corrected chi connectivity index (χ3v) is 5.51. The average molecular weight is 384 g/mol. The van der Waals surface area contributed by atoms with E-state index in [-0.39, 0.29) is 5.91 Å². The zero-order valence-corrected chi connectivity index (χ0v) is 15.6. The maximum absolute atomic E-state index is 12.2. The molecule has 24 heavy (non-hydrogen) atoms. The number of hydrogen-bond acceptors (Lipinski definition) is 4. The van der Waals surface area contributed by atoms with Gasteiger partial charge in [0.05, 0.1) is 16.3 Å². The Morgan fingerprint density at radius 3 is 2.79 bits per heavy atom. The lowest BCUT2D eigenvalue weighted by Crippen LogP contribution is -2.29. The molecule has 1 aliphatic heterocycles. The Labute approximate surface area is 155 Å². The molecule has 0 bridgehead atoms. The van der Waals surface area contributed by atoms with Crippen molar-refractivity contribution in [2.75, 3.05) is 24.5 Å². The number of rotatable bonds is 5. The minimum atomic E-state index is -0.192. The highest BCUT2D eigenvalue weighted by atomic mass is 35.5. The Bertz CT molecular complexity index is 714. The molecule has 1 aromatic heterocycles. The number of carbonyl (C=O) groups is 1. The van der Waals surface area contributed by atoms with Gasteiger partial charge >= 0.3 is 0 Å². The van der Waals surface area contributed by atoms with Crippen LogP contribution in [0.1, 0.15) is 35.3 Å². The van der Waals surface area contributed by atoms with Crippen LogP contribution < -0.4 is 10.2 Å². The summed E-state index contributed by atoms with van der Waals surface area (Å²) in [6, 6.07) is 4.87. The monoisotopic (exact) mass is 383 g/mol. The third kappa shape index (κ3) is 4.41. The van der Waals surface area contributed by atoms with E-state index in [4.69, 9.17) is 23.2 Å². The second kappa shape index (κ2) is 8.19. The Hall–Kier alpha value is -1.30. The molecule has 7 heteroatoms. The van der Waals surface area contributed by atoms with Crippen LogP contribution in [-0.4, -0.2) is 30.5 Å². The molecular formula is C17H19Cl2N3OS. The topological polar surface area (TPSA) is 45.2 Å². The van der Waals surface area contributed by atoms with Crippen LogP contribution in [-0.2, 0) is 6.42 Å². The molecule has 0 saturated carbocycles. The lowest BCUT2D eigenvalue weighted by atomic mass is 10.1. The molecule has 0 aliphatic carbocycles. The first kappa shape index (κ1) is 17.5. The highest BCUT2D eigenvalue weighted by Crippen LogP contribution is 2.24. The highest BCUT2D eigenvalue weighted by Gasteiger charge is 2.15. The van der Waals surface area contributed by atoms with Crippen molar-refractivity contribution >= 4 is 45.6 Å². The second-order valence-corrected chi connectivity index (χ2v) is 7.48. The number of nitrogens with one attached hydrogen (secondary N) is 1. The Balaban J connectivity index is 1.51. The normalized spacial score (nSPS) is 14.7. The van der Waals surface area contributed by atoms with E-state index in [1.807, 2.05) is 0 Å². The van der Waals surface area contributed by atoms with Gasteiger partial charge in [-0.3, -0.25) is 4.79 Å². The molecule has 0 radical (unpaired) electrons. The number of amides is 1. The largest absolute Gasteiger partial charge is 0.352 e. The first-order valence-corrected chi connectivity index (χ1v) is 9.69. The number of anilines is 1. The predicted octanol–water partition coefficient (Wildman–Crippen LogP) is 4.41. The molecule has 3 rings (SSSR count). The van der Waals surface area contributed by atoms with Crippen molar-refractivity contribution in [3.8, 4) is 0 Å². The van der Waals surface area contributed by atoms with E-state index in [1.165, 1.54) is 19.3 Å². The number of piperidine rings is 1. The zero-order chi connectivity index (χ0) is 16.9. The summed E-state index contributed by atoms with van der Waals surface area (Å²) in [6.07, 6.45) is 4.51. The van der Waals surface area contributed by atoms with Gasteiger partial charge in [0, 0.05) is 36.5 Å². The number of halogens is 2. The maximum Gasteiger partial charge on any atom is 0.252 e. The van der Waals surface area contributed by atoms with Crippen molar-refractivity contribution in [1.29, 1.82) is 0 Å². The van der Waals surface area contributed by atoms with Crippen molar-refractivity contribution in [3.63, 3.8) is 0 Å². The number of carbonyl (C=O) groups excluding carboxylic acids is 1. The molecule has 4 nitrogen and oxygen atoms in total. The molecule has 2 aromatic rings. The van der Waals surface area contributed by atoms with Crippen molar-refractivity contribution in [2.45, 2.75) is 25.7 Å². The summed E-state index contributed by atoms with van der Waals surface area (Å²) in [4.78, 5) is 19.2. The fourth-order valence-electron chi connectivity index (χ4n) is 2.71. The van der Waals surface area contributed by atoms with Crippen LogP contribution >= 0.6 is 34.5 Å². The van der Waals surface area contributed by atoms with Gasteiger partial charge in [-0.25, -0.2) is 4.98 Å². The average Bonchev–Trinajstić information content (AvgIpc) is 3.04. The van der Waals surface area contributed by atoms with Gasteiger partial charge < -0.3 is 10.2 Å². The number of hydrogen-bond donors (Lipinski definition) is 1. The van der Waals surface area contributed by atoms with Gasteiger partial charge in [0.1, 0.15) is 0 Å². The van der Waals surface area contributed by atoms with E-state index in [9.17, 15) is 4.79 Å². The Morgan fingerprint density at radius 2 is 2.04 bits per heavy atom. The number of thiazole rings is 1. The summed E-state index contributed by atoms with van der Waals surface area (Å²) < 4.78 is 0. The van der Waals surface area contributed by atoms with Gasteiger partial charge in [-0.1, -0.05) is 23.2 Å². The van der Waals surface area contributed by atoms with Gasteiger partial charge in [-0.05, 0) is 37.5 Å². The summed E-state index contributed by atoms with van der Waals surface area (Å²) in [5.74, 6) is -0.192. The van der Waals surface area contributed by atoms with Crippen LogP contribution in [0.2, 0.25) is 10.0 Å². The second-order valence-electron chi connectivity index (χ2n) is 5.80. The number of benzene rings is 1. The van der Waals surface area contributed by atoms with Crippen LogP contribution in [0.5, 0.6) is 0 Å². The summed E-state index contributed by atoms with van der Waals surface area (Å²) in [7, 11) is 0. The summed E-state index contributed by atoms with van der Waals surface area (Å²) in [5, 5.41) is 6.93. The van der Waals surface area contributed by atoms with Crippen LogP contribution in [0.25, 0.3) is 0 Å². The van der Waals surface area contributed by atoms with Gasteiger partial charge in [0.25, 0.3) is 5.91 Å². The first-order chi connectivity index (χ1) is 11.6. The molecule has 128 valence electrons. The van der Waals surface area contributed by atoms with E-state index in [1.54, 1.807) is 29.5 Å². The molecular weight excluding hydrogens is 365 g/mol. The van der Waals surface area contributed by atoms with Crippen LogP contribution in [0.15, 0.2) is 23.6 Å². The molecule has 1 fully saturated rings. The van der Waals surface area contributed by atoms with Crippen molar-refractivity contribution in [3.05, 3.63) is 44.9 Å². The number of aromatic nitrogens is 1. The predicted molar refractivity (Wildman–Crippen MR) is 101 cm³/mol. The minimum Gasteiger partial charge on any atom is -0.352 e. The van der Waals surface area contributed by atoms with E-state index in [0.717, 1.165) is 23.9 Å². The van der Waals surface area contributed by atoms with Crippen LogP contribution in [0, 0.1) is 0 Å².